The second-order valence-electron chi connectivity index (χ2n) is 9.43. The number of carbonyl (C=O) groups is 2. The van der Waals surface area contributed by atoms with Gasteiger partial charge >= 0.3 is 0 Å². The Balaban J connectivity index is 0.000000451. The average molecular weight is 466 g/mol. The molecule has 32 heavy (non-hydrogen) atoms. The molecule has 2 fully saturated rings. The number of rotatable bonds is 6. The lowest BCUT2D eigenvalue weighted by Crippen LogP contribution is -2.41. The van der Waals surface area contributed by atoms with E-state index in [2.05, 4.69) is 20.4 Å². The number of nitrogens with zero attached hydrogens (tertiary/aromatic N) is 1. The van der Waals surface area contributed by atoms with Gasteiger partial charge in [0.15, 0.2) is 0 Å². The quantitative estimate of drug-likeness (QED) is 0.616. The van der Waals surface area contributed by atoms with Crippen molar-refractivity contribution in [1.82, 2.24) is 15.6 Å². The molecule has 2 N–H and O–H groups in total. The van der Waals surface area contributed by atoms with Crippen LogP contribution in [0.4, 0.5) is 0 Å². The maximum Gasteiger partial charge on any atom is 0.293 e. The van der Waals surface area contributed by atoms with Crippen molar-refractivity contribution in [3.63, 3.8) is 0 Å². The number of hydrogen-bond donors (Lipinski definition) is 2. The number of nitrogens with one attached hydrogen (secondary N) is 2. The standard InChI is InChI=1S/C19H29N3O2S.C5H10O2/c1-13-11-17(18(23)22-15-5-3-14(20-2)4-6-15)19(21-12-13)24-16-7-9-25-10-8-16;1-5(2,3)7-4-6/h11-12,14-16,20H,3-10H2,1-2H3,(H,22,23);4H,1-3H3. The number of amides is 1. The van der Waals surface area contributed by atoms with Crippen molar-refractivity contribution in [3.05, 3.63) is 23.4 Å². The summed E-state index contributed by atoms with van der Waals surface area (Å²) in [5.41, 5.74) is 1.24. The van der Waals surface area contributed by atoms with E-state index in [-0.39, 0.29) is 23.7 Å². The van der Waals surface area contributed by atoms with Crippen molar-refractivity contribution >= 4 is 24.1 Å². The Kier molecular flexibility index (Phi) is 10.8. The largest absolute Gasteiger partial charge is 0.474 e. The molecule has 3 rings (SSSR count). The third-order valence-electron chi connectivity index (χ3n) is 5.55. The summed E-state index contributed by atoms with van der Waals surface area (Å²) in [5, 5.41) is 6.52. The molecule has 0 atom stereocenters. The van der Waals surface area contributed by atoms with Crippen LogP contribution in [0.15, 0.2) is 12.3 Å². The van der Waals surface area contributed by atoms with Gasteiger partial charge in [0.1, 0.15) is 17.3 Å². The fraction of sp³-hybridized carbons (Fsp3) is 0.708. The van der Waals surface area contributed by atoms with Gasteiger partial charge in [-0.2, -0.15) is 11.8 Å². The third kappa shape index (κ3) is 9.36. The molecule has 1 saturated heterocycles. The fourth-order valence-corrected chi connectivity index (χ4v) is 4.76. The van der Waals surface area contributed by atoms with E-state index in [1.54, 1.807) is 6.20 Å². The number of carbonyl (C=O) groups excluding carboxylic acids is 2. The van der Waals surface area contributed by atoms with Gasteiger partial charge in [0, 0.05) is 18.3 Å². The van der Waals surface area contributed by atoms with E-state index in [0.29, 0.717) is 24.0 Å². The Bertz CT molecular complexity index is 724. The van der Waals surface area contributed by atoms with Crippen molar-refractivity contribution in [2.45, 2.75) is 90.0 Å². The van der Waals surface area contributed by atoms with Crippen molar-refractivity contribution < 1.29 is 19.1 Å². The number of thioether (sulfide) groups is 1. The van der Waals surface area contributed by atoms with Gasteiger partial charge in [-0.25, -0.2) is 4.98 Å². The summed E-state index contributed by atoms with van der Waals surface area (Å²) < 4.78 is 10.6. The Morgan fingerprint density at radius 1 is 1.12 bits per heavy atom. The number of hydrogen-bond acceptors (Lipinski definition) is 7. The van der Waals surface area contributed by atoms with Gasteiger partial charge in [0.05, 0.1) is 0 Å². The van der Waals surface area contributed by atoms with E-state index >= 15 is 0 Å². The zero-order valence-corrected chi connectivity index (χ0v) is 20.9. The second kappa shape index (κ2) is 13.0. The molecule has 0 radical (unpaired) electrons. The summed E-state index contributed by atoms with van der Waals surface area (Å²) >= 11 is 1.96. The van der Waals surface area contributed by atoms with E-state index in [0.717, 1.165) is 55.6 Å². The lowest BCUT2D eigenvalue weighted by atomic mass is 9.91. The van der Waals surface area contributed by atoms with Crippen LogP contribution in [0.5, 0.6) is 5.88 Å². The number of aryl methyl sites for hydroxylation is 1. The van der Waals surface area contributed by atoms with Crippen LogP contribution in [-0.4, -0.2) is 59.7 Å². The first-order valence-electron chi connectivity index (χ1n) is 11.5. The maximum absolute atomic E-state index is 12.8. The van der Waals surface area contributed by atoms with Gasteiger partial charge in [0.2, 0.25) is 5.88 Å². The van der Waals surface area contributed by atoms with Crippen LogP contribution in [-0.2, 0) is 9.53 Å². The SMILES string of the molecule is CC(C)(C)OC=O.CNC1CCC(NC(=O)c2cc(C)cnc2OC2CCSCC2)CC1. The molecule has 0 unspecified atom stereocenters. The van der Waals surface area contributed by atoms with Crippen LogP contribution in [0, 0.1) is 6.92 Å². The summed E-state index contributed by atoms with van der Waals surface area (Å²) in [5.74, 6) is 2.67. The van der Waals surface area contributed by atoms with Crippen LogP contribution in [0.1, 0.15) is 75.2 Å². The van der Waals surface area contributed by atoms with Crippen molar-refractivity contribution in [3.8, 4) is 5.88 Å². The van der Waals surface area contributed by atoms with Gasteiger partial charge in [-0.15, -0.1) is 0 Å². The van der Waals surface area contributed by atoms with Crippen LogP contribution >= 0.6 is 11.8 Å². The van der Waals surface area contributed by atoms with Crippen molar-refractivity contribution in [1.29, 1.82) is 0 Å². The van der Waals surface area contributed by atoms with Crippen molar-refractivity contribution in [2.24, 2.45) is 0 Å². The molecule has 8 heteroatoms. The second-order valence-corrected chi connectivity index (χ2v) is 10.7. The first-order chi connectivity index (χ1) is 15.2. The Morgan fingerprint density at radius 2 is 1.75 bits per heavy atom. The number of pyridine rings is 1. The van der Waals surface area contributed by atoms with Crippen LogP contribution < -0.4 is 15.4 Å². The molecule has 0 spiro atoms. The summed E-state index contributed by atoms with van der Waals surface area (Å²) in [6, 6.07) is 2.72. The minimum Gasteiger partial charge on any atom is -0.474 e. The van der Waals surface area contributed by atoms with Crippen LogP contribution in [0.25, 0.3) is 0 Å². The van der Waals surface area contributed by atoms with E-state index in [1.807, 2.05) is 52.6 Å². The molecule has 2 heterocycles. The topological polar surface area (TPSA) is 89.6 Å². The lowest BCUT2D eigenvalue weighted by molar-refractivity contribution is -0.138. The monoisotopic (exact) mass is 465 g/mol. The molecule has 1 aromatic rings. The van der Waals surface area contributed by atoms with Crippen LogP contribution in [0.2, 0.25) is 0 Å². The minimum atomic E-state index is -0.318. The Morgan fingerprint density at radius 3 is 2.28 bits per heavy atom. The normalized spacial score (nSPS) is 21.7. The average Bonchev–Trinajstić information content (AvgIpc) is 2.76. The molecule has 180 valence electrons. The Hall–Kier alpha value is -1.80. The fourth-order valence-electron chi connectivity index (χ4n) is 3.70. The highest BCUT2D eigenvalue weighted by molar-refractivity contribution is 7.99. The first kappa shape index (κ1) is 26.5. The maximum atomic E-state index is 12.8. The highest BCUT2D eigenvalue weighted by Gasteiger charge is 2.25. The van der Waals surface area contributed by atoms with E-state index < -0.39 is 0 Å². The molecule has 1 aliphatic carbocycles. The predicted octanol–water partition coefficient (Wildman–Crippen LogP) is 3.88. The van der Waals surface area contributed by atoms with Gasteiger partial charge in [-0.05, 0) is 96.4 Å². The molecule has 1 aliphatic heterocycles. The summed E-state index contributed by atoms with van der Waals surface area (Å²) in [6.45, 7) is 7.88. The minimum absolute atomic E-state index is 0.0516. The van der Waals surface area contributed by atoms with E-state index in [1.165, 1.54) is 0 Å². The molecule has 1 amide bonds. The molecule has 0 bridgehead atoms. The van der Waals surface area contributed by atoms with E-state index in [9.17, 15) is 9.59 Å². The zero-order chi connectivity index (χ0) is 23.6. The van der Waals surface area contributed by atoms with Crippen LogP contribution in [0.3, 0.4) is 0 Å². The predicted molar refractivity (Wildman–Crippen MR) is 129 cm³/mol. The van der Waals surface area contributed by atoms with Crippen molar-refractivity contribution in [2.75, 3.05) is 18.6 Å². The summed E-state index contributed by atoms with van der Waals surface area (Å²) in [6.07, 6.45) is 8.26. The van der Waals surface area contributed by atoms with E-state index in [4.69, 9.17) is 4.74 Å². The zero-order valence-electron chi connectivity index (χ0n) is 20.1. The van der Waals surface area contributed by atoms with Gasteiger partial charge in [-0.3, -0.25) is 9.59 Å². The third-order valence-corrected chi connectivity index (χ3v) is 6.60. The summed E-state index contributed by atoms with van der Waals surface area (Å²) in [4.78, 5) is 26.8. The van der Waals surface area contributed by atoms with Gasteiger partial charge in [0.25, 0.3) is 12.4 Å². The molecule has 2 aliphatic rings. The molecular weight excluding hydrogens is 426 g/mol. The van der Waals surface area contributed by atoms with Gasteiger partial charge in [-0.1, -0.05) is 0 Å². The molecular formula is C24H39N3O4S. The molecule has 1 aromatic heterocycles. The molecule has 7 nitrogen and oxygen atoms in total. The number of aromatic nitrogens is 1. The van der Waals surface area contributed by atoms with Gasteiger partial charge < -0.3 is 20.1 Å². The molecule has 0 aromatic carbocycles. The lowest BCUT2D eigenvalue weighted by Gasteiger charge is -2.29. The summed E-state index contributed by atoms with van der Waals surface area (Å²) in [7, 11) is 2.01. The first-order valence-corrected chi connectivity index (χ1v) is 12.7. The highest BCUT2D eigenvalue weighted by Crippen LogP contribution is 2.25. The highest BCUT2D eigenvalue weighted by atomic mass is 32.2. The smallest absolute Gasteiger partial charge is 0.293 e. The molecule has 1 saturated carbocycles. The number of ether oxygens (including phenoxy) is 2. The Labute approximate surface area is 196 Å².